The third kappa shape index (κ3) is 4.82. The van der Waals surface area contributed by atoms with E-state index in [1.54, 1.807) is 41.1 Å². The van der Waals surface area contributed by atoms with Crippen molar-refractivity contribution in [1.29, 1.82) is 0 Å². The maximum absolute atomic E-state index is 12.8. The van der Waals surface area contributed by atoms with Crippen LogP contribution in [0, 0.1) is 0 Å². The Hall–Kier alpha value is -3.07. The minimum Gasteiger partial charge on any atom is -0.493 e. The second-order valence-corrected chi connectivity index (χ2v) is 9.06. The average Bonchev–Trinajstić information content (AvgIpc) is 3.22. The molecule has 0 saturated carbocycles. The highest BCUT2D eigenvalue weighted by atomic mass is 32.2. The van der Waals surface area contributed by atoms with Gasteiger partial charge in [0.25, 0.3) is 0 Å². The fourth-order valence-electron chi connectivity index (χ4n) is 3.33. The van der Waals surface area contributed by atoms with Gasteiger partial charge in [0.2, 0.25) is 5.75 Å². The number of hydrogen-bond donors (Lipinski definition) is 0. The molecule has 3 rings (SSSR count). The fourth-order valence-corrected chi connectivity index (χ4v) is 4.21. The molecule has 0 bridgehead atoms. The first-order chi connectivity index (χ1) is 14.8. The molecule has 2 aromatic heterocycles. The second kappa shape index (κ2) is 9.38. The smallest absolute Gasteiger partial charge is 0.203 e. The molecule has 0 aliphatic heterocycles. The molecule has 0 fully saturated rings. The van der Waals surface area contributed by atoms with Crippen molar-refractivity contribution in [2.75, 3.05) is 27.6 Å². The lowest BCUT2D eigenvalue weighted by atomic mass is 10.1. The number of sulfone groups is 1. The average molecular weight is 446 g/mol. The van der Waals surface area contributed by atoms with Crippen molar-refractivity contribution in [2.24, 2.45) is 0 Å². The summed E-state index contributed by atoms with van der Waals surface area (Å²) in [6.45, 7) is 2.10. The molecule has 0 radical (unpaired) electrons. The monoisotopic (exact) mass is 445 g/mol. The van der Waals surface area contributed by atoms with E-state index in [4.69, 9.17) is 14.2 Å². The Balaban J connectivity index is 2.26. The molecule has 9 heteroatoms. The minimum atomic E-state index is -3.62. The van der Waals surface area contributed by atoms with E-state index in [1.807, 2.05) is 0 Å². The third-order valence-electron chi connectivity index (χ3n) is 4.84. The number of ether oxygens (including phenoxy) is 3. The highest BCUT2D eigenvalue weighted by molar-refractivity contribution is 8.00. The number of nitrogens with zero attached hydrogens (tertiary/aromatic N) is 3. The van der Waals surface area contributed by atoms with E-state index >= 15 is 0 Å². The maximum Gasteiger partial charge on any atom is 0.203 e. The molecule has 2 heterocycles. The molecule has 8 nitrogen and oxygen atoms in total. The van der Waals surface area contributed by atoms with E-state index in [0.717, 1.165) is 25.0 Å². The van der Waals surface area contributed by atoms with Crippen LogP contribution in [0.15, 0.2) is 30.5 Å². The van der Waals surface area contributed by atoms with Gasteiger partial charge in [0.05, 0.1) is 38.1 Å². The Morgan fingerprint density at radius 1 is 1.10 bits per heavy atom. The van der Waals surface area contributed by atoms with Gasteiger partial charge in [-0.25, -0.2) is 17.9 Å². The van der Waals surface area contributed by atoms with Gasteiger partial charge >= 0.3 is 0 Å². The van der Waals surface area contributed by atoms with Crippen LogP contribution in [0.25, 0.3) is 16.6 Å². The van der Waals surface area contributed by atoms with Crippen molar-refractivity contribution in [3.05, 3.63) is 47.4 Å². The van der Waals surface area contributed by atoms with Gasteiger partial charge < -0.3 is 14.2 Å². The molecule has 0 N–H and O–H groups in total. The molecule has 3 aromatic rings. The van der Waals surface area contributed by atoms with Crippen molar-refractivity contribution in [1.82, 2.24) is 14.6 Å². The summed E-state index contributed by atoms with van der Waals surface area (Å²) in [5.74, 6) is 1.30. The number of aromatic nitrogens is 3. The molecule has 31 heavy (non-hydrogen) atoms. The highest BCUT2D eigenvalue weighted by Crippen LogP contribution is 2.39. The molecule has 0 saturated heterocycles. The minimum absolute atomic E-state index is 0.121. The summed E-state index contributed by atoms with van der Waals surface area (Å²) in [6.07, 6.45) is 7.10. The van der Waals surface area contributed by atoms with Crippen LogP contribution < -0.4 is 14.2 Å². The molecular weight excluding hydrogens is 418 g/mol. The Bertz CT molecular complexity index is 1190. The van der Waals surface area contributed by atoms with E-state index in [-0.39, 0.29) is 4.91 Å². The maximum atomic E-state index is 12.8. The zero-order chi connectivity index (χ0) is 22.6. The Kier molecular flexibility index (Phi) is 6.84. The Morgan fingerprint density at radius 2 is 1.77 bits per heavy atom. The molecule has 0 aliphatic carbocycles. The van der Waals surface area contributed by atoms with Crippen molar-refractivity contribution >= 4 is 26.5 Å². The van der Waals surface area contributed by atoms with Gasteiger partial charge in [-0.2, -0.15) is 5.10 Å². The molecule has 0 aliphatic rings. The summed E-state index contributed by atoms with van der Waals surface area (Å²) >= 11 is 0. The van der Waals surface area contributed by atoms with E-state index in [9.17, 15) is 8.42 Å². The topological polar surface area (TPSA) is 92.0 Å². The van der Waals surface area contributed by atoms with Gasteiger partial charge in [0.1, 0.15) is 0 Å². The van der Waals surface area contributed by atoms with Crippen LogP contribution in [-0.4, -0.2) is 50.6 Å². The van der Waals surface area contributed by atoms with Crippen LogP contribution in [0.2, 0.25) is 0 Å². The zero-order valence-corrected chi connectivity index (χ0v) is 19.2. The molecule has 0 atom stereocenters. The highest BCUT2D eigenvalue weighted by Gasteiger charge is 2.21. The van der Waals surface area contributed by atoms with Gasteiger partial charge in [-0.05, 0) is 42.7 Å². The van der Waals surface area contributed by atoms with Crippen LogP contribution in [0.4, 0.5) is 0 Å². The number of methoxy groups -OCH3 is 3. The van der Waals surface area contributed by atoms with E-state index in [1.165, 1.54) is 27.6 Å². The van der Waals surface area contributed by atoms with Crippen LogP contribution in [-0.2, 0) is 16.3 Å². The Morgan fingerprint density at radius 3 is 2.32 bits per heavy atom. The molecular formula is C22H27N3O5S. The number of hydrogen-bond acceptors (Lipinski definition) is 7. The SMILES string of the molecule is CCCCc1cc(/C(=C\c2cc(OC)c(OC)c(OC)c2)S(C)(=O)=O)n2nccc2n1. The molecule has 1 aromatic carbocycles. The van der Waals surface area contributed by atoms with Gasteiger partial charge in [-0.1, -0.05) is 13.3 Å². The summed E-state index contributed by atoms with van der Waals surface area (Å²) in [5, 5.41) is 4.29. The van der Waals surface area contributed by atoms with Crippen molar-refractivity contribution < 1.29 is 22.6 Å². The van der Waals surface area contributed by atoms with E-state index in [2.05, 4.69) is 17.0 Å². The van der Waals surface area contributed by atoms with Gasteiger partial charge in [-0.3, -0.25) is 0 Å². The number of aryl methyl sites for hydroxylation is 1. The van der Waals surface area contributed by atoms with E-state index in [0.29, 0.717) is 34.2 Å². The lowest BCUT2D eigenvalue weighted by Crippen LogP contribution is -2.09. The fraction of sp³-hybridized carbons (Fsp3) is 0.364. The second-order valence-electron chi connectivity index (χ2n) is 7.08. The summed E-state index contributed by atoms with van der Waals surface area (Å²) in [7, 11) is 0.922. The summed E-state index contributed by atoms with van der Waals surface area (Å²) in [6, 6.07) is 6.96. The van der Waals surface area contributed by atoms with Crippen LogP contribution in [0.5, 0.6) is 17.2 Å². The lowest BCUT2D eigenvalue weighted by Gasteiger charge is -2.14. The summed E-state index contributed by atoms with van der Waals surface area (Å²) < 4.78 is 43.4. The lowest BCUT2D eigenvalue weighted by molar-refractivity contribution is 0.324. The number of unbranched alkanes of at least 4 members (excludes halogenated alkanes) is 1. The summed E-state index contributed by atoms with van der Waals surface area (Å²) in [5.41, 5.74) is 2.46. The first-order valence-electron chi connectivity index (χ1n) is 9.88. The summed E-state index contributed by atoms with van der Waals surface area (Å²) in [4.78, 5) is 4.73. The van der Waals surface area contributed by atoms with Crippen molar-refractivity contribution in [3.8, 4) is 17.2 Å². The Labute approximate surface area is 182 Å². The first-order valence-corrected chi connectivity index (χ1v) is 11.8. The largest absolute Gasteiger partial charge is 0.493 e. The zero-order valence-electron chi connectivity index (χ0n) is 18.4. The third-order valence-corrected chi connectivity index (χ3v) is 5.96. The van der Waals surface area contributed by atoms with Crippen LogP contribution >= 0.6 is 0 Å². The predicted molar refractivity (Wildman–Crippen MR) is 120 cm³/mol. The molecule has 0 spiro atoms. The molecule has 0 amide bonds. The normalized spacial score (nSPS) is 12.2. The first kappa shape index (κ1) is 22.6. The number of benzene rings is 1. The standard InChI is InChI=1S/C22H27N3O5S/c1-6-7-8-16-14-17(25-21(24-16)9-10-23-25)20(31(5,26)27)13-15-11-18(28-2)22(30-4)19(12-15)29-3/h9-14H,6-8H2,1-5H3/b20-13+. The van der Waals surface area contributed by atoms with Gasteiger partial charge in [0, 0.05) is 18.0 Å². The van der Waals surface area contributed by atoms with Crippen molar-refractivity contribution in [2.45, 2.75) is 26.2 Å². The van der Waals surface area contributed by atoms with E-state index < -0.39 is 9.84 Å². The van der Waals surface area contributed by atoms with Gasteiger partial charge in [-0.15, -0.1) is 0 Å². The number of fused-ring (bicyclic) bond motifs is 1. The van der Waals surface area contributed by atoms with Crippen LogP contribution in [0.1, 0.15) is 36.7 Å². The quantitative estimate of drug-likeness (QED) is 0.496. The van der Waals surface area contributed by atoms with Gasteiger partial charge in [0.15, 0.2) is 27.0 Å². The molecule has 0 unspecified atom stereocenters. The predicted octanol–water partition coefficient (Wildman–Crippen LogP) is 3.64. The van der Waals surface area contributed by atoms with Crippen LogP contribution in [0.3, 0.4) is 0 Å². The molecule has 166 valence electrons. The van der Waals surface area contributed by atoms with Crippen molar-refractivity contribution in [3.63, 3.8) is 0 Å². The number of rotatable bonds is 9.